The van der Waals surface area contributed by atoms with Gasteiger partial charge < -0.3 is 0 Å². The van der Waals surface area contributed by atoms with Crippen molar-refractivity contribution in [3.63, 3.8) is 0 Å². The van der Waals surface area contributed by atoms with Gasteiger partial charge in [-0.1, -0.05) is 26.5 Å². The molecule has 1 aromatic rings. The molecule has 0 radical (unpaired) electrons. The Bertz CT molecular complexity index is 319. The predicted octanol–water partition coefficient (Wildman–Crippen LogP) is 3.12. The molecule has 0 aromatic carbocycles. The lowest BCUT2D eigenvalue weighted by Crippen LogP contribution is -1.88. The van der Waals surface area contributed by atoms with Crippen molar-refractivity contribution in [2.24, 2.45) is 0 Å². The van der Waals surface area contributed by atoms with E-state index in [0.717, 1.165) is 11.3 Å². The third kappa shape index (κ3) is 2.31. The first-order chi connectivity index (χ1) is 6.15. The molecule has 0 unspecified atom stereocenters. The number of rotatable bonds is 3. The molecule has 2 nitrogen and oxygen atoms in total. The molecule has 1 aromatic heterocycles. The maximum Gasteiger partial charge on any atom is 0.0615 e. The van der Waals surface area contributed by atoms with Crippen LogP contribution in [0.3, 0.4) is 0 Å². The number of H-pyrrole nitrogens is 1. The Hall–Kier alpha value is -1.31. The maximum atomic E-state index is 4.03. The number of nitrogens with zero attached hydrogens (tertiary/aromatic N) is 1. The summed E-state index contributed by atoms with van der Waals surface area (Å²) in [5, 5.41) is 7.00. The van der Waals surface area contributed by atoms with Gasteiger partial charge in [-0.25, -0.2) is 0 Å². The molecule has 0 aliphatic heterocycles. The van der Waals surface area contributed by atoms with Crippen molar-refractivity contribution in [3.8, 4) is 0 Å². The van der Waals surface area contributed by atoms with E-state index >= 15 is 0 Å². The predicted molar refractivity (Wildman–Crippen MR) is 56.5 cm³/mol. The molecule has 0 fully saturated rings. The van der Waals surface area contributed by atoms with Gasteiger partial charge in [0.2, 0.25) is 0 Å². The average Bonchev–Trinajstić information content (AvgIpc) is 2.52. The molecule has 13 heavy (non-hydrogen) atoms. The summed E-state index contributed by atoms with van der Waals surface area (Å²) < 4.78 is 0. The molecule has 0 bridgehead atoms. The first kappa shape index (κ1) is 9.78. The van der Waals surface area contributed by atoms with Crippen molar-refractivity contribution in [2.75, 3.05) is 0 Å². The molecule has 0 aliphatic rings. The summed E-state index contributed by atoms with van der Waals surface area (Å²) in [6, 6.07) is 0. The van der Waals surface area contributed by atoms with E-state index in [2.05, 4.69) is 36.7 Å². The van der Waals surface area contributed by atoms with E-state index in [1.807, 2.05) is 19.2 Å². The van der Waals surface area contributed by atoms with Gasteiger partial charge in [-0.15, -0.1) is 0 Å². The van der Waals surface area contributed by atoms with Crippen LogP contribution in [0.4, 0.5) is 0 Å². The second-order valence-corrected chi connectivity index (χ2v) is 3.49. The van der Waals surface area contributed by atoms with Crippen LogP contribution in [0.5, 0.6) is 0 Å². The summed E-state index contributed by atoms with van der Waals surface area (Å²) >= 11 is 0. The van der Waals surface area contributed by atoms with Gasteiger partial charge in [0.05, 0.1) is 11.9 Å². The van der Waals surface area contributed by atoms with Crippen molar-refractivity contribution in [1.29, 1.82) is 0 Å². The molecule has 0 saturated heterocycles. The minimum Gasteiger partial charge on any atom is -0.278 e. The Morgan fingerprint density at radius 1 is 1.62 bits per heavy atom. The highest BCUT2D eigenvalue weighted by molar-refractivity contribution is 5.54. The molecule has 2 heteroatoms. The molecular formula is C11H16N2. The average molecular weight is 176 g/mol. The molecule has 1 heterocycles. The standard InChI is InChI=1S/C11H16N2/c1-5-9(4)6-11-10(8(2)3)7-12-13-11/h5-8H,1H2,2-4H3,(H,12,13)/b9-6-. The van der Waals surface area contributed by atoms with Crippen molar-refractivity contribution in [2.45, 2.75) is 26.7 Å². The van der Waals surface area contributed by atoms with Crippen molar-refractivity contribution in [3.05, 3.63) is 35.7 Å². The summed E-state index contributed by atoms with van der Waals surface area (Å²) in [4.78, 5) is 0. The maximum absolute atomic E-state index is 4.03. The van der Waals surface area contributed by atoms with Gasteiger partial charge in [-0.3, -0.25) is 5.10 Å². The smallest absolute Gasteiger partial charge is 0.0615 e. The minimum absolute atomic E-state index is 0.502. The van der Waals surface area contributed by atoms with E-state index < -0.39 is 0 Å². The highest BCUT2D eigenvalue weighted by atomic mass is 15.1. The minimum atomic E-state index is 0.502. The summed E-state index contributed by atoms with van der Waals surface area (Å²) in [6.45, 7) is 10.1. The zero-order valence-corrected chi connectivity index (χ0v) is 8.46. The Balaban J connectivity index is 3.01. The lowest BCUT2D eigenvalue weighted by molar-refractivity contribution is 0.865. The van der Waals surface area contributed by atoms with Crippen molar-refractivity contribution in [1.82, 2.24) is 10.2 Å². The Kier molecular flexibility index (Phi) is 3.07. The van der Waals surface area contributed by atoms with E-state index in [-0.39, 0.29) is 0 Å². The molecule has 70 valence electrons. The zero-order valence-electron chi connectivity index (χ0n) is 8.46. The highest BCUT2D eigenvalue weighted by Crippen LogP contribution is 2.19. The summed E-state index contributed by atoms with van der Waals surface area (Å²) in [5.74, 6) is 0.502. The summed E-state index contributed by atoms with van der Waals surface area (Å²) in [6.07, 6.45) is 5.78. The molecular weight excluding hydrogens is 160 g/mol. The molecule has 0 spiro atoms. The number of aromatic nitrogens is 2. The van der Waals surface area contributed by atoms with Gasteiger partial charge in [0.1, 0.15) is 0 Å². The number of hydrogen-bond donors (Lipinski definition) is 1. The third-order valence-corrected chi connectivity index (χ3v) is 2.02. The SMILES string of the molecule is C=C/C(C)=C\c1[nH]ncc1C(C)C. The Labute approximate surface area is 79.4 Å². The third-order valence-electron chi connectivity index (χ3n) is 2.02. The summed E-state index contributed by atoms with van der Waals surface area (Å²) in [7, 11) is 0. The van der Waals surface area contributed by atoms with Crippen LogP contribution in [-0.2, 0) is 0 Å². The fourth-order valence-electron chi connectivity index (χ4n) is 1.17. The Morgan fingerprint density at radius 3 is 2.85 bits per heavy atom. The van der Waals surface area contributed by atoms with Crippen LogP contribution in [0, 0.1) is 0 Å². The van der Waals surface area contributed by atoms with Crippen LogP contribution in [0.2, 0.25) is 0 Å². The molecule has 1 N–H and O–H groups in total. The number of hydrogen-bond acceptors (Lipinski definition) is 1. The fourth-order valence-corrected chi connectivity index (χ4v) is 1.17. The van der Waals surface area contributed by atoms with Gasteiger partial charge >= 0.3 is 0 Å². The van der Waals surface area contributed by atoms with Crippen LogP contribution < -0.4 is 0 Å². The highest BCUT2D eigenvalue weighted by Gasteiger charge is 2.05. The van der Waals surface area contributed by atoms with E-state index in [0.29, 0.717) is 5.92 Å². The van der Waals surface area contributed by atoms with Crippen LogP contribution >= 0.6 is 0 Å². The number of allylic oxidation sites excluding steroid dienone is 2. The Morgan fingerprint density at radius 2 is 2.31 bits per heavy atom. The fraction of sp³-hybridized carbons (Fsp3) is 0.364. The van der Waals surface area contributed by atoms with E-state index in [1.54, 1.807) is 0 Å². The van der Waals surface area contributed by atoms with E-state index in [1.165, 1.54) is 5.56 Å². The molecule has 0 saturated carbocycles. The molecule has 0 aliphatic carbocycles. The number of nitrogens with one attached hydrogen (secondary N) is 1. The second-order valence-electron chi connectivity index (χ2n) is 3.49. The molecule has 0 atom stereocenters. The second kappa shape index (κ2) is 4.08. The van der Waals surface area contributed by atoms with Crippen molar-refractivity contribution >= 4 is 6.08 Å². The molecule has 0 amide bonds. The lowest BCUT2D eigenvalue weighted by Gasteiger charge is -2.02. The number of aromatic amines is 1. The van der Waals surface area contributed by atoms with E-state index in [9.17, 15) is 0 Å². The van der Waals surface area contributed by atoms with Crippen LogP contribution in [-0.4, -0.2) is 10.2 Å². The summed E-state index contributed by atoms with van der Waals surface area (Å²) in [5.41, 5.74) is 3.49. The normalized spacial score (nSPS) is 12.2. The van der Waals surface area contributed by atoms with Crippen LogP contribution in [0.25, 0.3) is 6.08 Å². The lowest BCUT2D eigenvalue weighted by atomic mass is 10.0. The first-order valence-corrected chi connectivity index (χ1v) is 4.49. The quantitative estimate of drug-likeness (QED) is 0.704. The van der Waals surface area contributed by atoms with Gasteiger partial charge in [-0.2, -0.15) is 5.10 Å². The largest absolute Gasteiger partial charge is 0.278 e. The van der Waals surface area contributed by atoms with Gasteiger partial charge in [0.25, 0.3) is 0 Å². The van der Waals surface area contributed by atoms with Gasteiger partial charge in [0.15, 0.2) is 0 Å². The topological polar surface area (TPSA) is 28.7 Å². The van der Waals surface area contributed by atoms with E-state index in [4.69, 9.17) is 0 Å². The van der Waals surface area contributed by atoms with Gasteiger partial charge in [-0.05, 0) is 30.1 Å². The zero-order chi connectivity index (χ0) is 9.84. The van der Waals surface area contributed by atoms with Crippen LogP contribution in [0.15, 0.2) is 24.4 Å². The molecule has 1 rings (SSSR count). The van der Waals surface area contributed by atoms with Crippen LogP contribution in [0.1, 0.15) is 37.9 Å². The first-order valence-electron chi connectivity index (χ1n) is 4.49. The van der Waals surface area contributed by atoms with Crippen molar-refractivity contribution < 1.29 is 0 Å². The monoisotopic (exact) mass is 176 g/mol. The van der Waals surface area contributed by atoms with Gasteiger partial charge in [0, 0.05) is 0 Å².